The van der Waals surface area contributed by atoms with Gasteiger partial charge >= 0.3 is 5.97 Å². The van der Waals surface area contributed by atoms with Gasteiger partial charge in [-0.25, -0.2) is 0 Å². The van der Waals surface area contributed by atoms with Gasteiger partial charge in [-0.2, -0.15) is 0 Å². The van der Waals surface area contributed by atoms with E-state index in [1.807, 2.05) is 24.3 Å². The zero-order valence-electron chi connectivity index (χ0n) is 14.3. The monoisotopic (exact) mass is 374 g/mol. The zero-order chi connectivity index (χ0) is 17.6. The molecule has 0 bridgehead atoms. The van der Waals surface area contributed by atoms with Gasteiger partial charge in [0, 0.05) is 23.6 Å². The minimum absolute atomic E-state index is 0. The van der Waals surface area contributed by atoms with Crippen molar-refractivity contribution < 1.29 is 14.3 Å². The van der Waals surface area contributed by atoms with Gasteiger partial charge < -0.3 is 20.7 Å². The standard InChI is InChI=1S/C18H18N4O3.ClH/c1-3-25-17(24)18(2)11-8-13-14(9-12(11)22-16(18)23)21-15(20-13)10-4-6-19-7-5-10;/h4-9,15,20-21H,3H2,1-2H3,(H,22,23);1H. The maximum atomic E-state index is 12.4. The highest BCUT2D eigenvalue weighted by Gasteiger charge is 2.51. The molecule has 2 aliphatic rings. The van der Waals surface area contributed by atoms with Gasteiger partial charge in [-0.15, -0.1) is 12.4 Å². The number of rotatable bonds is 3. The van der Waals surface area contributed by atoms with E-state index in [1.165, 1.54) is 0 Å². The van der Waals surface area contributed by atoms with Crippen molar-refractivity contribution in [1.82, 2.24) is 4.98 Å². The number of fused-ring (bicyclic) bond motifs is 2. The summed E-state index contributed by atoms with van der Waals surface area (Å²) in [6.45, 7) is 3.55. The molecule has 8 heteroatoms. The molecule has 136 valence electrons. The van der Waals surface area contributed by atoms with Crippen molar-refractivity contribution in [3.05, 3.63) is 47.8 Å². The second kappa shape index (κ2) is 6.49. The molecule has 7 nitrogen and oxygen atoms in total. The normalized spacial score (nSPS) is 22.2. The van der Waals surface area contributed by atoms with E-state index < -0.39 is 11.4 Å². The second-order valence-corrected chi connectivity index (χ2v) is 6.25. The highest BCUT2D eigenvalue weighted by Crippen LogP contribution is 2.46. The molecule has 3 N–H and O–H groups in total. The van der Waals surface area contributed by atoms with E-state index >= 15 is 0 Å². The number of carbonyl (C=O) groups is 2. The first-order chi connectivity index (χ1) is 12.0. The van der Waals surface area contributed by atoms with Gasteiger partial charge in [0.05, 0.1) is 18.0 Å². The lowest BCUT2D eigenvalue weighted by molar-refractivity contribution is -0.152. The Bertz CT molecular complexity index is 874. The molecule has 4 rings (SSSR count). The molecule has 2 atom stereocenters. The van der Waals surface area contributed by atoms with E-state index in [0.29, 0.717) is 11.3 Å². The van der Waals surface area contributed by atoms with Crippen molar-refractivity contribution in [2.45, 2.75) is 25.4 Å². The number of nitrogens with one attached hydrogen (secondary N) is 3. The Kier molecular flexibility index (Phi) is 4.50. The summed E-state index contributed by atoms with van der Waals surface area (Å²) >= 11 is 0. The van der Waals surface area contributed by atoms with Crippen LogP contribution in [-0.4, -0.2) is 23.5 Å². The molecule has 1 aromatic carbocycles. The minimum atomic E-state index is -1.34. The molecular formula is C18H19ClN4O3. The van der Waals surface area contributed by atoms with E-state index in [2.05, 4.69) is 20.9 Å². The fourth-order valence-electron chi connectivity index (χ4n) is 3.27. The van der Waals surface area contributed by atoms with Crippen LogP contribution in [0.4, 0.5) is 17.1 Å². The number of esters is 1. The Balaban J connectivity index is 0.00000196. The summed E-state index contributed by atoms with van der Waals surface area (Å²) in [7, 11) is 0. The molecule has 2 aromatic rings. The number of nitrogens with zero attached hydrogens (tertiary/aromatic N) is 1. The number of hydrogen-bond acceptors (Lipinski definition) is 6. The van der Waals surface area contributed by atoms with Crippen molar-refractivity contribution in [2.24, 2.45) is 0 Å². The second-order valence-electron chi connectivity index (χ2n) is 6.25. The lowest BCUT2D eigenvalue weighted by atomic mass is 9.83. The molecule has 2 unspecified atom stereocenters. The van der Waals surface area contributed by atoms with Crippen LogP contribution in [0, 0.1) is 0 Å². The number of aromatic nitrogens is 1. The van der Waals surface area contributed by atoms with Crippen molar-refractivity contribution in [3.8, 4) is 0 Å². The largest absolute Gasteiger partial charge is 0.465 e. The van der Waals surface area contributed by atoms with Gasteiger partial charge in [-0.05, 0) is 43.7 Å². The fraction of sp³-hybridized carbons (Fsp3) is 0.278. The van der Waals surface area contributed by atoms with Crippen LogP contribution in [0.1, 0.15) is 31.1 Å². The van der Waals surface area contributed by atoms with Crippen LogP contribution in [-0.2, 0) is 19.7 Å². The highest BCUT2D eigenvalue weighted by atomic mass is 35.5. The predicted octanol–water partition coefficient (Wildman–Crippen LogP) is 2.81. The lowest BCUT2D eigenvalue weighted by Gasteiger charge is -2.20. The number of pyridine rings is 1. The SMILES string of the molecule is CCOC(=O)C1(C)C(=O)Nc2cc3c(cc21)NC(c1ccncc1)N3.Cl. The van der Waals surface area contributed by atoms with E-state index in [1.54, 1.807) is 26.2 Å². The van der Waals surface area contributed by atoms with Gasteiger partial charge in [0.2, 0.25) is 5.91 Å². The molecule has 0 spiro atoms. The van der Waals surface area contributed by atoms with Crippen LogP contribution >= 0.6 is 12.4 Å². The summed E-state index contributed by atoms with van der Waals surface area (Å²) in [5.41, 5.74) is 2.67. The minimum Gasteiger partial charge on any atom is -0.465 e. The Labute approximate surface area is 156 Å². The van der Waals surface area contributed by atoms with E-state index in [-0.39, 0.29) is 31.1 Å². The molecule has 26 heavy (non-hydrogen) atoms. The predicted molar refractivity (Wildman–Crippen MR) is 101 cm³/mol. The van der Waals surface area contributed by atoms with Gasteiger partial charge in [-0.3, -0.25) is 14.6 Å². The Hall–Kier alpha value is -2.80. The molecule has 0 aliphatic carbocycles. The topological polar surface area (TPSA) is 92.4 Å². The summed E-state index contributed by atoms with van der Waals surface area (Å²) in [6, 6.07) is 7.54. The first kappa shape index (κ1) is 18.0. The van der Waals surface area contributed by atoms with Crippen LogP contribution in [0.2, 0.25) is 0 Å². The Morgan fingerprint density at radius 2 is 1.85 bits per heavy atom. The molecule has 0 saturated heterocycles. The molecule has 1 amide bonds. The van der Waals surface area contributed by atoms with Crippen molar-refractivity contribution >= 4 is 41.3 Å². The molecule has 1 aromatic heterocycles. The van der Waals surface area contributed by atoms with E-state index in [0.717, 1.165) is 16.9 Å². The van der Waals surface area contributed by atoms with Crippen molar-refractivity contribution in [3.63, 3.8) is 0 Å². The smallest absolute Gasteiger partial charge is 0.326 e. The number of carbonyl (C=O) groups excluding carboxylic acids is 2. The van der Waals surface area contributed by atoms with Gasteiger partial charge in [-0.1, -0.05) is 0 Å². The number of benzene rings is 1. The Morgan fingerprint density at radius 1 is 1.19 bits per heavy atom. The van der Waals surface area contributed by atoms with Gasteiger partial charge in [0.15, 0.2) is 5.41 Å². The van der Waals surface area contributed by atoms with Crippen molar-refractivity contribution in [2.75, 3.05) is 22.6 Å². The van der Waals surface area contributed by atoms with Gasteiger partial charge in [0.25, 0.3) is 0 Å². The number of ether oxygens (including phenoxy) is 1. The highest BCUT2D eigenvalue weighted by molar-refractivity contribution is 6.19. The molecular weight excluding hydrogens is 356 g/mol. The van der Waals surface area contributed by atoms with Crippen LogP contribution in [0.15, 0.2) is 36.7 Å². The van der Waals surface area contributed by atoms with Gasteiger partial charge in [0.1, 0.15) is 6.17 Å². The number of hydrogen-bond donors (Lipinski definition) is 3. The molecule has 2 aliphatic heterocycles. The van der Waals surface area contributed by atoms with Crippen LogP contribution in [0.25, 0.3) is 0 Å². The van der Waals surface area contributed by atoms with Crippen molar-refractivity contribution in [1.29, 1.82) is 0 Å². The summed E-state index contributed by atoms with van der Waals surface area (Å²) in [5.74, 6) is -0.904. The maximum Gasteiger partial charge on any atom is 0.326 e. The molecule has 0 radical (unpaired) electrons. The average molecular weight is 375 g/mol. The lowest BCUT2D eigenvalue weighted by Crippen LogP contribution is -2.40. The summed E-state index contributed by atoms with van der Waals surface area (Å²) < 4.78 is 5.12. The molecule has 0 saturated carbocycles. The molecule has 3 heterocycles. The molecule has 0 fully saturated rings. The quantitative estimate of drug-likeness (QED) is 0.565. The summed E-state index contributed by atoms with van der Waals surface area (Å²) in [4.78, 5) is 28.9. The van der Waals surface area contributed by atoms with E-state index in [4.69, 9.17) is 4.74 Å². The van der Waals surface area contributed by atoms with Crippen LogP contribution in [0.3, 0.4) is 0 Å². The summed E-state index contributed by atoms with van der Waals surface area (Å²) in [6.07, 6.45) is 3.38. The Morgan fingerprint density at radius 3 is 2.50 bits per heavy atom. The number of anilines is 3. The summed E-state index contributed by atoms with van der Waals surface area (Å²) in [5, 5.41) is 9.54. The first-order valence-corrected chi connectivity index (χ1v) is 8.14. The first-order valence-electron chi connectivity index (χ1n) is 8.14. The number of amides is 1. The fourth-order valence-corrected chi connectivity index (χ4v) is 3.27. The van der Waals surface area contributed by atoms with Crippen LogP contribution in [0.5, 0.6) is 0 Å². The maximum absolute atomic E-state index is 12.4. The van der Waals surface area contributed by atoms with E-state index in [9.17, 15) is 9.59 Å². The third kappa shape index (κ3) is 2.55. The third-order valence-corrected chi connectivity index (χ3v) is 4.72. The zero-order valence-corrected chi connectivity index (χ0v) is 15.1. The average Bonchev–Trinajstić information content (AvgIpc) is 3.14. The number of halogens is 1. The van der Waals surface area contributed by atoms with Crippen LogP contribution < -0.4 is 16.0 Å². The third-order valence-electron chi connectivity index (χ3n) is 4.72.